The number of aromatic nitrogens is 1. The molecule has 0 saturated carbocycles. The van der Waals surface area contributed by atoms with E-state index in [9.17, 15) is 8.78 Å². The van der Waals surface area contributed by atoms with Crippen LogP contribution in [0.1, 0.15) is 0 Å². The highest BCUT2D eigenvalue weighted by molar-refractivity contribution is 9.10. The lowest BCUT2D eigenvalue weighted by Crippen LogP contribution is -1.88. The van der Waals surface area contributed by atoms with E-state index < -0.39 is 5.95 Å². The molecule has 0 N–H and O–H groups in total. The first-order valence-corrected chi connectivity index (χ1v) is 5.19. The van der Waals surface area contributed by atoms with E-state index in [1.807, 2.05) is 0 Å². The summed E-state index contributed by atoms with van der Waals surface area (Å²) in [6.07, 6.45) is 1.29. The minimum Gasteiger partial charge on any atom is -0.456 e. The molecule has 0 fully saturated rings. The van der Waals surface area contributed by atoms with Gasteiger partial charge in [0.05, 0.1) is 4.47 Å². The average molecular weight is 286 g/mol. The topological polar surface area (TPSA) is 22.1 Å². The summed E-state index contributed by atoms with van der Waals surface area (Å²) in [5.74, 6) is -0.289. The van der Waals surface area contributed by atoms with Crippen LogP contribution in [0.15, 0.2) is 41.0 Å². The first-order chi connectivity index (χ1) is 7.65. The molecular formula is C11H6BrF2NO. The monoisotopic (exact) mass is 285 g/mol. The van der Waals surface area contributed by atoms with Crippen molar-refractivity contribution in [3.63, 3.8) is 0 Å². The minimum absolute atomic E-state index is 0.305. The molecule has 0 aliphatic carbocycles. The number of pyridine rings is 1. The first-order valence-electron chi connectivity index (χ1n) is 4.39. The Morgan fingerprint density at radius 1 is 1.12 bits per heavy atom. The number of halogens is 3. The number of benzene rings is 1. The molecule has 82 valence electrons. The van der Waals surface area contributed by atoms with Gasteiger partial charge in [-0.2, -0.15) is 4.39 Å². The SMILES string of the molecule is Fc1ccc(Oc2ccnc(F)c2)c(Br)c1. The lowest BCUT2D eigenvalue weighted by Gasteiger charge is -2.07. The van der Waals surface area contributed by atoms with Crippen molar-refractivity contribution in [2.75, 3.05) is 0 Å². The van der Waals surface area contributed by atoms with Crippen molar-refractivity contribution in [3.05, 3.63) is 52.8 Å². The second-order valence-corrected chi connectivity index (χ2v) is 3.85. The van der Waals surface area contributed by atoms with Crippen molar-refractivity contribution in [1.82, 2.24) is 4.98 Å². The first kappa shape index (κ1) is 11.0. The summed E-state index contributed by atoms with van der Waals surface area (Å²) >= 11 is 3.15. The van der Waals surface area contributed by atoms with Gasteiger partial charge in [0.15, 0.2) is 0 Å². The molecule has 16 heavy (non-hydrogen) atoms. The van der Waals surface area contributed by atoms with E-state index in [0.29, 0.717) is 16.0 Å². The molecule has 0 aliphatic rings. The smallest absolute Gasteiger partial charge is 0.216 e. The van der Waals surface area contributed by atoms with Crippen LogP contribution in [-0.2, 0) is 0 Å². The van der Waals surface area contributed by atoms with Crippen molar-refractivity contribution in [3.8, 4) is 11.5 Å². The highest BCUT2D eigenvalue weighted by atomic mass is 79.9. The third kappa shape index (κ3) is 2.55. The lowest BCUT2D eigenvalue weighted by molar-refractivity contribution is 0.467. The summed E-state index contributed by atoms with van der Waals surface area (Å²) in [5.41, 5.74) is 0. The Morgan fingerprint density at radius 3 is 2.62 bits per heavy atom. The Balaban J connectivity index is 2.27. The van der Waals surface area contributed by atoms with Crippen LogP contribution in [0.4, 0.5) is 8.78 Å². The second kappa shape index (κ2) is 4.57. The standard InChI is InChI=1S/C11H6BrF2NO/c12-9-5-7(13)1-2-10(9)16-8-3-4-15-11(14)6-8/h1-6H. The third-order valence-corrected chi connectivity index (χ3v) is 2.44. The number of ether oxygens (including phenoxy) is 1. The zero-order chi connectivity index (χ0) is 11.5. The maximum absolute atomic E-state index is 12.8. The van der Waals surface area contributed by atoms with Crippen molar-refractivity contribution in [1.29, 1.82) is 0 Å². The van der Waals surface area contributed by atoms with Crippen LogP contribution in [0, 0.1) is 11.8 Å². The van der Waals surface area contributed by atoms with Gasteiger partial charge >= 0.3 is 0 Å². The maximum Gasteiger partial charge on any atom is 0.216 e. The van der Waals surface area contributed by atoms with E-state index in [-0.39, 0.29) is 5.82 Å². The fourth-order valence-electron chi connectivity index (χ4n) is 1.13. The van der Waals surface area contributed by atoms with E-state index in [1.165, 1.54) is 30.5 Å². The highest BCUT2D eigenvalue weighted by Gasteiger charge is 2.04. The predicted octanol–water partition coefficient (Wildman–Crippen LogP) is 3.91. The Kier molecular flexibility index (Phi) is 3.14. The number of hydrogen-bond donors (Lipinski definition) is 0. The molecule has 1 aromatic heterocycles. The van der Waals surface area contributed by atoms with Gasteiger partial charge in [-0.3, -0.25) is 0 Å². The third-order valence-electron chi connectivity index (χ3n) is 1.82. The van der Waals surface area contributed by atoms with Gasteiger partial charge in [-0.25, -0.2) is 9.37 Å². The molecule has 2 nitrogen and oxygen atoms in total. The molecule has 0 spiro atoms. The van der Waals surface area contributed by atoms with Crippen LogP contribution in [-0.4, -0.2) is 4.98 Å². The van der Waals surface area contributed by atoms with Crippen LogP contribution >= 0.6 is 15.9 Å². The van der Waals surface area contributed by atoms with Crippen molar-refractivity contribution < 1.29 is 13.5 Å². The van der Waals surface area contributed by atoms with Gasteiger partial charge in [-0.05, 0) is 40.2 Å². The number of nitrogens with zero attached hydrogens (tertiary/aromatic N) is 1. The molecular weight excluding hydrogens is 280 g/mol. The number of hydrogen-bond acceptors (Lipinski definition) is 2. The van der Waals surface area contributed by atoms with Gasteiger partial charge in [0, 0.05) is 12.3 Å². The van der Waals surface area contributed by atoms with Gasteiger partial charge in [0.25, 0.3) is 0 Å². The molecule has 0 radical (unpaired) electrons. The van der Waals surface area contributed by atoms with Gasteiger partial charge in [0.2, 0.25) is 5.95 Å². The Bertz CT molecular complexity index is 519. The van der Waals surface area contributed by atoms with Crippen molar-refractivity contribution in [2.45, 2.75) is 0 Å². The van der Waals surface area contributed by atoms with Gasteiger partial charge in [0.1, 0.15) is 17.3 Å². The number of rotatable bonds is 2. The Labute approximate surface area is 99.0 Å². The van der Waals surface area contributed by atoms with Crippen molar-refractivity contribution in [2.24, 2.45) is 0 Å². The summed E-state index contributed by atoms with van der Waals surface area (Å²) in [6.45, 7) is 0. The summed E-state index contributed by atoms with van der Waals surface area (Å²) in [4.78, 5) is 3.40. The molecule has 0 bridgehead atoms. The lowest BCUT2D eigenvalue weighted by atomic mass is 10.3. The molecule has 0 unspecified atom stereocenters. The summed E-state index contributed by atoms with van der Waals surface area (Å²) in [5, 5.41) is 0. The van der Waals surface area contributed by atoms with Crippen LogP contribution in [0.25, 0.3) is 0 Å². The molecule has 2 aromatic rings. The second-order valence-electron chi connectivity index (χ2n) is 2.99. The molecule has 0 saturated heterocycles. The van der Waals surface area contributed by atoms with E-state index in [2.05, 4.69) is 20.9 Å². The minimum atomic E-state index is -0.629. The predicted molar refractivity (Wildman–Crippen MR) is 58.4 cm³/mol. The molecule has 1 heterocycles. The van der Waals surface area contributed by atoms with E-state index in [0.717, 1.165) is 6.07 Å². The fourth-order valence-corrected chi connectivity index (χ4v) is 1.56. The van der Waals surface area contributed by atoms with Gasteiger partial charge in [-0.15, -0.1) is 0 Å². The van der Waals surface area contributed by atoms with E-state index >= 15 is 0 Å². The average Bonchev–Trinajstić information content (AvgIpc) is 2.22. The van der Waals surface area contributed by atoms with Gasteiger partial charge < -0.3 is 4.74 Å². The van der Waals surface area contributed by atoms with Gasteiger partial charge in [-0.1, -0.05) is 0 Å². The summed E-state index contributed by atoms with van der Waals surface area (Å²) in [7, 11) is 0. The molecule has 0 aliphatic heterocycles. The molecule has 1 aromatic carbocycles. The van der Waals surface area contributed by atoms with Crippen LogP contribution in [0.3, 0.4) is 0 Å². The summed E-state index contributed by atoms with van der Waals surface area (Å²) in [6, 6.07) is 6.65. The summed E-state index contributed by atoms with van der Waals surface area (Å²) < 4.78 is 31.4. The molecule has 0 atom stereocenters. The molecule has 0 amide bonds. The zero-order valence-corrected chi connectivity index (χ0v) is 9.54. The fraction of sp³-hybridized carbons (Fsp3) is 0. The van der Waals surface area contributed by atoms with Crippen LogP contribution in [0.2, 0.25) is 0 Å². The Hall–Kier alpha value is -1.49. The quantitative estimate of drug-likeness (QED) is 0.781. The maximum atomic E-state index is 12.8. The molecule has 2 rings (SSSR count). The van der Waals surface area contributed by atoms with E-state index in [1.54, 1.807) is 0 Å². The normalized spacial score (nSPS) is 10.2. The molecule has 5 heteroatoms. The highest BCUT2D eigenvalue weighted by Crippen LogP contribution is 2.29. The van der Waals surface area contributed by atoms with Crippen LogP contribution < -0.4 is 4.74 Å². The zero-order valence-electron chi connectivity index (χ0n) is 7.95. The largest absolute Gasteiger partial charge is 0.456 e. The van der Waals surface area contributed by atoms with E-state index in [4.69, 9.17) is 4.74 Å². The Morgan fingerprint density at radius 2 is 1.94 bits per heavy atom. The van der Waals surface area contributed by atoms with Crippen molar-refractivity contribution >= 4 is 15.9 Å². The van der Waals surface area contributed by atoms with Crippen LogP contribution in [0.5, 0.6) is 11.5 Å².